The number of amides is 2. The lowest BCUT2D eigenvalue weighted by Gasteiger charge is -2.58. The molecule has 1 aromatic rings. The predicted molar refractivity (Wildman–Crippen MR) is 181 cm³/mol. The van der Waals surface area contributed by atoms with Crippen LogP contribution < -0.4 is 16.0 Å². The Hall–Kier alpha value is -3.03. The molecule has 4 bridgehead atoms. The highest BCUT2D eigenvalue weighted by Crippen LogP contribution is 2.55. The summed E-state index contributed by atoms with van der Waals surface area (Å²) in [6.07, 6.45) is 5.15. The lowest BCUT2D eigenvalue weighted by Crippen LogP contribution is -2.64. The zero-order valence-corrected chi connectivity index (χ0v) is 29.0. The molecular weight excluding hydrogens is 640 g/mol. The van der Waals surface area contributed by atoms with E-state index in [0.717, 1.165) is 32.1 Å². The fraction of sp³-hybridized carbons (Fsp3) is 0.657. The molecule has 4 saturated carbocycles. The van der Waals surface area contributed by atoms with E-state index in [-0.39, 0.29) is 48.2 Å². The van der Waals surface area contributed by atoms with Gasteiger partial charge in [-0.15, -0.1) is 0 Å². The van der Waals surface area contributed by atoms with E-state index in [1.807, 2.05) is 36.9 Å². The van der Waals surface area contributed by atoms with E-state index in [9.17, 15) is 29.4 Å². The van der Waals surface area contributed by atoms with Gasteiger partial charge in [0.05, 0.1) is 29.0 Å². The van der Waals surface area contributed by atoms with Crippen LogP contribution in [0.2, 0.25) is 5.02 Å². The van der Waals surface area contributed by atoms with Crippen molar-refractivity contribution in [1.82, 2.24) is 10.2 Å². The first-order valence-electron chi connectivity index (χ1n) is 16.8. The minimum absolute atomic E-state index is 0.0189. The van der Waals surface area contributed by atoms with Gasteiger partial charge in [-0.25, -0.2) is 9.59 Å². The SMILES string of the molecule is CC(C)[C@H](C[C@H](O)[C@@H](N)CN1CC(=O)N(c2ccccc2Cl)CC1(C)C)C(=O)NC1[C@@H]2CC3C[C@H]1CC(O)(C3)C2.O=C(O)/C=C/C(=O)O. The number of aliphatic carboxylic acids is 2. The molecule has 1 saturated heterocycles. The van der Waals surface area contributed by atoms with Crippen LogP contribution in [-0.2, 0) is 19.2 Å². The highest BCUT2D eigenvalue weighted by atomic mass is 35.5. The van der Waals surface area contributed by atoms with Gasteiger partial charge in [0.15, 0.2) is 0 Å². The number of rotatable bonds is 11. The second kappa shape index (κ2) is 15.2. The van der Waals surface area contributed by atoms with Crippen LogP contribution in [0.3, 0.4) is 0 Å². The normalized spacial score (nSPS) is 29.7. The molecule has 4 aliphatic carbocycles. The van der Waals surface area contributed by atoms with Crippen LogP contribution in [0.5, 0.6) is 0 Å². The third-order valence-electron chi connectivity index (χ3n) is 10.7. The molecule has 1 aromatic carbocycles. The number of para-hydroxylation sites is 1. The van der Waals surface area contributed by atoms with E-state index in [2.05, 4.69) is 19.2 Å². The number of carboxylic acids is 2. The average Bonchev–Trinajstić information content (AvgIpc) is 2.98. The number of anilines is 1. The smallest absolute Gasteiger partial charge is 0.328 e. The molecule has 12 nitrogen and oxygen atoms in total. The number of nitrogens with zero attached hydrogens (tertiary/aromatic N) is 2. The van der Waals surface area contributed by atoms with Crippen LogP contribution in [0.25, 0.3) is 0 Å². The molecule has 7 N–H and O–H groups in total. The van der Waals surface area contributed by atoms with E-state index in [4.69, 9.17) is 27.5 Å². The van der Waals surface area contributed by atoms with Crippen LogP contribution >= 0.6 is 11.6 Å². The van der Waals surface area contributed by atoms with Gasteiger partial charge < -0.3 is 36.4 Å². The highest BCUT2D eigenvalue weighted by Gasteiger charge is 2.55. The molecule has 8 atom stereocenters. The number of piperazine rings is 1. The van der Waals surface area contributed by atoms with Gasteiger partial charge in [0, 0.05) is 48.8 Å². The van der Waals surface area contributed by atoms with E-state index >= 15 is 0 Å². The van der Waals surface area contributed by atoms with Crippen LogP contribution in [0.15, 0.2) is 36.4 Å². The molecule has 0 aromatic heterocycles. The Morgan fingerprint density at radius 3 is 2.17 bits per heavy atom. The fourth-order valence-electron chi connectivity index (χ4n) is 8.36. The number of nitrogens with two attached hydrogens (primary N) is 1. The predicted octanol–water partition coefficient (Wildman–Crippen LogP) is 2.89. The summed E-state index contributed by atoms with van der Waals surface area (Å²) < 4.78 is 0. The van der Waals surface area contributed by atoms with Crippen molar-refractivity contribution < 1.29 is 39.6 Å². The van der Waals surface area contributed by atoms with E-state index in [1.165, 1.54) is 0 Å². The summed E-state index contributed by atoms with van der Waals surface area (Å²) >= 11 is 6.38. The minimum atomic E-state index is -1.26. The van der Waals surface area contributed by atoms with Crippen LogP contribution in [-0.4, -0.2) is 98.0 Å². The molecule has 6 rings (SSSR count). The number of carboxylic acid groups (broad SMARTS) is 2. The van der Waals surface area contributed by atoms with Gasteiger partial charge >= 0.3 is 11.9 Å². The summed E-state index contributed by atoms with van der Waals surface area (Å²) in [7, 11) is 0. The number of carbonyl (C=O) groups excluding carboxylic acids is 2. The third kappa shape index (κ3) is 9.15. The molecule has 0 spiro atoms. The fourth-order valence-corrected chi connectivity index (χ4v) is 8.60. The monoisotopic (exact) mass is 690 g/mol. The molecule has 5 aliphatic rings. The van der Waals surface area contributed by atoms with Crippen LogP contribution in [0.4, 0.5) is 5.69 Å². The van der Waals surface area contributed by atoms with Crippen molar-refractivity contribution in [3.63, 3.8) is 0 Å². The molecule has 266 valence electrons. The molecule has 0 radical (unpaired) electrons. The van der Waals surface area contributed by atoms with Crippen molar-refractivity contribution in [2.24, 2.45) is 35.3 Å². The molecule has 5 fully saturated rings. The summed E-state index contributed by atoms with van der Waals surface area (Å²) in [4.78, 5) is 49.5. The number of aliphatic hydroxyl groups excluding tert-OH is 1. The molecule has 1 heterocycles. The second-order valence-corrected chi connectivity index (χ2v) is 15.6. The zero-order valence-electron chi connectivity index (χ0n) is 28.2. The van der Waals surface area contributed by atoms with E-state index < -0.39 is 29.7 Å². The average molecular weight is 691 g/mol. The highest BCUT2D eigenvalue weighted by molar-refractivity contribution is 6.33. The van der Waals surface area contributed by atoms with Crippen molar-refractivity contribution in [3.05, 3.63) is 41.4 Å². The number of hydrogen-bond acceptors (Lipinski definition) is 8. The lowest BCUT2D eigenvalue weighted by molar-refractivity contribution is -0.149. The van der Waals surface area contributed by atoms with E-state index in [1.54, 1.807) is 11.0 Å². The third-order valence-corrected chi connectivity index (χ3v) is 11.0. The van der Waals surface area contributed by atoms with Crippen molar-refractivity contribution >= 4 is 41.0 Å². The Balaban J connectivity index is 0.000000579. The maximum Gasteiger partial charge on any atom is 0.328 e. The van der Waals surface area contributed by atoms with E-state index in [0.29, 0.717) is 53.7 Å². The van der Waals surface area contributed by atoms with Gasteiger partial charge in [-0.05, 0) is 88.2 Å². The molecule has 2 amide bonds. The number of hydrogen-bond donors (Lipinski definition) is 6. The molecular formula is C35H51ClN4O8. The van der Waals surface area contributed by atoms with Crippen molar-refractivity contribution in [2.75, 3.05) is 24.5 Å². The maximum atomic E-state index is 13.6. The van der Waals surface area contributed by atoms with Gasteiger partial charge in [-0.1, -0.05) is 37.6 Å². The summed E-state index contributed by atoms with van der Waals surface area (Å²) in [6, 6.07) is 6.84. The van der Waals surface area contributed by atoms with Crippen molar-refractivity contribution in [1.29, 1.82) is 0 Å². The molecule has 1 aliphatic heterocycles. The van der Waals surface area contributed by atoms with Crippen molar-refractivity contribution in [3.8, 4) is 0 Å². The quantitative estimate of drug-likeness (QED) is 0.188. The summed E-state index contributed by atoms with van der Waals surface area (Å²) in [5, 5.41) is 41.6. The molecule has 13 heteroatoms. The second-order valence-electron chi connectivity index (χ2n) is 15.2. The number of benzene rings is 1. The summed E-state index contributed by atoms with van der Waals surface area (Å²) in [5.74, 6) is -1.66. The standard InChI is InChI=1S/C31H47ClN4O4.C4H4O4/c1-18(2)22(29(39)34-28-20-9-19-10-21(28)14-31(40,12-19)13-20)11-26(37)24(33)15-35-16-27(38)36(17-30(35,3)4)25-8-6-5-7-23(25)32;5-3(6)1-2-4(7)8/h5-8,18-22,24,26,28,37,40H,9-17,33H2,1-4H3,(H,34,39);1-2H,(H,5,6)(H,7,8)/b;2-1+/t19?,20-,21+,22-,24-,26-,28?,31?;/m0./s1. The lowest BCUT2D eigenvalue weighted by atomic mass is 9.52. The van der Waals surface area contributed by atoms with Gasteiger partial charge in [-0.3, -0.25) is 14.5 Å². The first kappa shape index (κ1) is 37.8. The van der Waals surface area contributed by atoms with Gasteiger partial charge in [0.1, 0.15) is 0 Å². The Bertz CT molecular complexity index is 1350. The minimum Gasteiger partial charge on any atom is -0.478 e. The number of nitrogens with one attached hydrogen (secondary N) is 1. The molecule has 3 unspecified atom stereocenters. The summed E-state index contributed by atoms with van der Waals surface area (Å²) in [5.41, 5.74) is 6.31. The number of carbonyl (C=O) groups is 4. The van der Waals surface area contributed by atoms with Crippen molar-refractivity contribution in [2.45, 2.75) is 95.5 Å². The Labute approximate surface area is 287 Å². The number of halogens is 1. The Morgan fingerprint density at radius 2 is 1.65 bits per heavy atom. The first-order chi connectivity index (χ1) is 22.4. The van der Waals surface area contributed by atoms with Gasteiger partial charge in [0.25, 0.3) is 0 Å². The summed E-state index contributed by atoms with van der Waals surface area (Å²) in [6.45, 7) is 9.12. The van der Waals surface area contributed by atoms with Gasteiger partial charge in [0.2, 0.25) is 11.8 Å². The zero-order chi connectivity index (χ0) is 35.6. The van der Waals surface area contributed by atoms with Crippen LogP contribution in [0, 0.1) is 29.6 Å². The molecule has 48 heavy (non-hydrogen) atoms. The first-order valence-corrected chi connectivity index (χ1v) is 17.2. The Kier molecular flexibility index (Phi) is 12.0. The Morgan fingerprint density at radius 1 is 1.06 bits per heavy atom. The maximum absolute atomic E-state index is 13.6. The van der Waals surface area contributed by atoms with Crippen LogP contribution in [0.1, 0.15) is 66.2 Å². The van der Waals surface area contributed by atoms with Gasteiger partial charge in [-0.2, -0.15) is 0 Å². The number of aliphatic hydroxyl groups is 2. The largest absolute Gasteiger partial charge is 0.478 e. The topological polar surface area (TPSA) is 194 Å².